The van der Waals surface area contributed by atoms with Gasteiger partial charge < -0.3 is 0 Å². The zero-order valence-electron chi connectivity index (χ0n) is 36.3. The Kier molecular flexibility index (Phi) is 6.76. The third-order valence-electron chi connectivity index (χ3n) is 11.6. The lowest BCUT2D eigenvalue weighted by atomic mass is 9.76. The van der Waals surface area contributed by atoms with Crippen LogP contribution < -0.4 is 20.7 Å². The van der Waals surface area contributed by atoms with Crippen LogP contribution in [-0.2, 0) is 10.8 Å². The van der Waals surface area contributed by atoms with Crippen LogP contribution in [-0.4, -0.2) is 8.07 Å². The van der Waals surface area contributed by atoms with Crippen LogP contribution in [0.5, 0.6) is 0 Å². The molecule has 53 heavy (non-hydrogen) atoms. The van der Waals surface area contributed by atoms with Crippen LogP contribution >= 0.6 is 23.5 Å². The second kappa shape index (κ2) is 12.8. The van der Waals surface area contributed by atoms with Gasteiger partial charge in [-0.25, -0.2) is 0 Å². The molecular weight excluding hydrogens is 693 g/mol. The summed E-state index contributed by atoms with van der Waals surface area (Å²) in [5.41, 5.74) is 5.98. The Morgan fingerprint density at radius 3 is 1.77 bits per heavy atom. The number of hydrogen-bond donors (Lipinski definition) is 0. The van der Waals surface area contributed by atoms with Crippen molar-refractivity contribution in [3.05, 3.63) is 191 Å². The summed E-state index contributed by atoms with van der Waals surface area (Å²) in [5, 5.41) is 4.92. The van der Waals surface area contributed by atoms with Crippen LogP contribution in [0.2, 0.25) is 0 Å². The average molecular weight is 743 g/mol. The normalized spacial score (nSPS) is 17.3. The van der Waals surface area contributed by atoms with Gasteiger partial charge in [-0.1, -0.05) is 197 Å². The Bertz CT molecular complexity index is 2720. The first-order valence-corrected chi connectivity index (χ1v) is 21.8. The van der Waals surface area contributed by atoms with Crippen LogP contribution in [0.4, 0.5) is 0 Å². The smallest absolute Gasteiger partial charge is 0.0895 e. The largest absolute Gasteiger partial charge is 0.180 e. The summed E-state index contributed by atoms with van der Waals surface area (Å²) >= 11 is 3.35. The van der Waals surface area contributed by atoms with Crippen molar-refractivity contribution in [2.45, 2.75) is 71.8 Å². The molecule has 0 radical (unpaired) electrons. The minimum atomic E-state index is -3.17. The van der Waals surface area contributed by atoms with Crippen LogP contribution in [0.3, 0.4) is 0 Å². The molecule has 0 N–H and O–H groups in total. The Labute approximate surface area is 333 Å². The maximum absolute atomic E-state index is 8.88. The number of fused-ring (bicyclic) bond motifs is 4. The lowest BCUT2D eigenvalue weighted by Crippen LogP contribution is -2.75. The van der Waals surface area contributed by atoms with E-state index in [9.17, 15) is 0 Å². The molecule has 0 bridgehead atoms. The molecule has 0 unspecified atom stereocenters. The van der Waals surface area contributed by atoms with E-state index in [1.807, 2.05) is 23.9 Å². The third kappa shape index (κ3) is 5.27. The molecule has 0 saturated carbocycles. The van der Waals surface area contributed by atoms with Gasteiger partial charge in [0, 0.05) is 38.6 Å². The summed E-state index contributed by atoms with van der Waals surface area (Å²) in [6.45, 7) is 4.27. The van der Waals surface area contributed by atoms with Gasteiger partial charge in [0.2, 0.25) is 0 Å². The Morgan fingerprint density at radius 1 is 0.472 bits per heavy atom. The zero-order chi connectivity index (χ0) is 41.5. The molecule has 0 aromatic heterocycles. The molecule has 0 saturated heterocycles. The van der Waals surface area contributed by atoms with E-state index in [2.05, 4.69) is 155 Å². The van der Waals surface area contributed by atoms with Crippen LogP contribution in [0.25, 0.3) is 11.1 Å². The van der Waals surface area contributed by atoms with Crippen LogP contribution in [0.1, 0.15) is 69.3 Å². The summed E-state index contributed by atoms with van der Waals surface area (Å²) < 4.78 is 51.2. The molecule has 260 valence electrons. The van der Waals surface area contributed by atoms with Gasteiger partial charge in [-0.2, -0.15) is 0 Å². The van der Waals surface area contributed by atoms with Crippen LogP contribution in [0, 0.1) is 13.7 Å². The Balaban J connectivity index is 1.35. The Hall–Kier alpha value is -4.54. The van der Waals surface area contributed by atoms with Crippen molar-refractivity contribution in [1.29, 1.82) is 0 Å². The fraction of sp³-hybridized carbons (Fsp3) is 0.160. The van der Waals surface area contributed by atoms with Gasteiger partial charge in [0.15, 0.2) is 8.07 Å². The fourth-order valence-electron chi connectivity index (χ4n) is 8.86. The minimum Gasteiger partial charge on any atom is -0.0895 e. The predicted molar refractivity (Wildman–Crippen MR) is 230 cm³/mol. The van der Waals surface area contributed by atoms with E-state index in [1.165, 1.54) is 48.2 Å². The third-order valence-corrected chi connectivity index (χ3v) is 18.9. The van der Waals surface area contributed by atoms with Crippen molar-refractivity contribution >= 4 is 52.3 Å². The monoisotopic (exact) mass is 742 g/mol. The molecule has 2 heterocycles. The molecule has 7 aromatic carbocycles. The van der Waals surface area contributed by atoms with Gasteiger partial charge in [0.25, 0.3) is 0 Å². The summed E-state index contributed by atoms with van der Waals surface area (Å²) in [6, 6.07) is 55.2. The van der Waals surface area contributed by atoms with Gasteiger partial charge in [-0.05, 0) is 91.1 Å². The number of rotatable bonds is 5. The van der Waals surface area contributed by atoms with E-state index in [0.29, 0.717) is 5.56 Å². The molecule has 0 fully saturated rings. The van der Waals surface area contributed by atoms with Crippen LogP contribution in [0.15, 0.2) is 177 Å². The van der Waals surface area contributed by atoms with E-state index < -0.39 is 27.2 Å². The Morgan fingerprint density at radius 2 is 1.06 bits per heavy atom. The topological polar surface area (TPSA) is 0 Å². The second-order valence-electron chi connectivity index (χ2n) is 15.3. The first kappa shape index (κ1) is 28.0. The molecule has 7 aromatic rings. The highest BCUT2D eigenvalue weighted by atomic mass is 32.2. The first-order valence-electron chi connectivity index (χ1n) is 21.2. The van der Waals surface area contributed by atoms with Gasteiger partial charge in [0.05, 0.1) is 0 Å². The zero-order valence-corrected chi connectivity index (χ0v) is 33.0. The van der Waals surface area contributed by atoms with Gasteiger partial charge in [0.1, 0.15) is 0 Å². The van der Waals surface area contributed by atoms with Gasteiger partial charge >= 0.3 is 0 Å². The molecule has 0 nitrogen and oxygen atoms in total. The quantitative estimate of drug-likeness (QED) is 0.127. The highest BCUT2D eigenvalue weighted by molar-refractivity contribution is 8.00. The molecule has 0 aliphatic carbocycles. The highest BCUT2D eigenvalue weighted by Gasteiger charge is 2.46. The second-order valence-corrected chi connectivity index (χ2v) is 21.1. The SMILES string of the molecule is [2H]C([2H])([2H])c1ccc2c(c1)Sc1c(ccc(C([2H])([2H])[2H])c1-c1cccc([Si](c3ccccc3)(c3ccccc3)c3cccc4c3Sc3ccccc3C4(C)C)c1)C2(C)C. The van der Waals surface area contributed by atoms with E-state index >= 15 is 0 Å². The molecule has 2 aliphatic heterocycles. The van der Waals surface area contributed by atoms with Gasteiger partial charge in [-0.3, -0.25) is 0 Å². The fourth-order valence-corrected chi connectivity index (χ4v) is 17.3. The highest BCUT2D eigenvalue weighted by Crippen LogP contribution is 2.53. The molecule has 0 amide bonds. The lowest BCUT2D eigenvalue weighted by Gasteiger charge is -2.41. The minimum absolute atomic E-state index is 0.236. The van der Waals surface area contributed by atoms with Crippen molar-refractivity contribution < 1.29 is 8.22 Å². The molecule has 0 spiro atoms. The molecule has 0 atom stereocenters. The molecule has 3 heteroatoms. The summed E-state index contributed by atoms with van der Waals surface area (Å²) in [5.74, 6) is 0. The summed E-state index contributed by atoms with van der Waals surface area (Å²) in [4.78, 5) is 4.23. The number of aryl methyl sites for hydroxylation is 2. The van der Waals surface area contributed by atoms with Crippen molar-refractivity contribution in [2.24, 2.45) is 0 Å². The number of hydrogen-bond acceptors (Lipinski definition) is 2. The summed E-state index contributed by atoms with van der Waals surface area (Å²) in [7, 11) is -3.17. The van der Waals surface area contributed by atoms with E-state index in [-0.39, 0.29) is 16.5 Å². The molecule has 2 aliphatic rings. The van der Waals surface area contributed by atoms with Crippen molar-refractivity contribution in [3.63, 3.8) is 0 Å². The van der Waals surface area contributed by atoms with Gasteiger partial charge in [-0.15, -0.1) is 0 Å². The standard InChI is InChI=1S/C50H44S2Si/c1-33-27-29-40-44(31-33)52-48-42(50(40,5)6)30-28-34(2)46(48)35-17-15-22-38(32-35)53(36-18-9-7-10-19-36,37-20-11-8-12-21-37)45-26-16-24-41-47(45)51-43-25-14-13-23-39(43)49(41,3)4/h7-32H,1-6H3/i1D3,2D3. The average Bonchev–Trinajstić information content (AvgIpc) is 3.21. The molecule has 9 rings (SSSR count). The maximum atomic E-state index is 8.88. The summed E-state index contributed by atoms with van der Waals surface area (Å²) in [6.07, 6.45) is 0. The van der Waals surface area contributed by atoms with E-state index in [1.54, 1.807) is 18.2 Å². The van der Waals surface area contributed by atoms with Crippen molar-refractivity contribution in [1.82, 2.24) is 0 Å². The maximum Gasteiger partial charge on any atom is 0.180 e. The van der Waals surface area contributed by atoms with E-state index in [0.717, 1.165) is 31.7 Å². The lowest BCUT2D eigenvalue weighted by molar-refractivity contribution is 0.607. The van der Waals surface area contributed by atoms with Crippen molar-refractivity contribution in [2.75, 3.05) is 0 Å². The van der Waals surface area contributed by atoms with Crippen molar-refractivity contribution in [3.8, 4) is 11.1 Å². The van der Waals surface area contributed by atoms with E-state index in [4.69, 9.17) is 8.22 Å². The first-order chi connectivity index (χ1) is 28.0. The predicted octanol–water partition coefficient (Wildman–Crippen LogP) is 10.9. The molecular formula is C50H44S2Si. The number of benzene rings is 7.